The number of rotatable bonds is 5. The second kappa shape index (κ2) is 9.21. The van der Waals surface area contributed by atoms with Gasteiger partial charge in [0.25, 0.3) is 0 Å². The van der Waals surface area contributed by atoms with E-state index in [2.05, 4.69) is 54.8 Å². The first-order chi connectivity index (χ1) is 13.5. The fourth-order valence-electron chi connectivity index (χ4n) is 3.77. The van der Waals surface area contributed by atoms with Crippen molar-refractivity contribution < 1.29 is 0 Å². The molecule has 4 rings (SSSR count). The first-order valence-electron chi connectivity index (χ1n) is 9.45. The summed E-state index contributed by atoms with van der Waals surface area (Å²) in [5.41, 5.74) is 7.38. The van der Waals surface area contributed by atoms with Crippen LogP contribution in [0.15, 0.2) is 60.8 Å². The SMILES string of the molecule is Cc1c(C)n(Cc2ccc(Cl)c(Cl)c2)c2c(CCc3ccccc3)nccc12.Cl. The number of halogens is 3. The molecule has 0 N–H and O–H groups in total. The fourth-order valence-corrected chi connectivity index (χ4v) is 4.10. The number of benzene rings is 2. The van der Waals surface area contributed by atoms with Gasteiger partial charge in [-0.15, -0.1) is 12.4 Å². The highest BCUT2D eigenvalue weighted by molar-refractivity contribution is 6.42. The summed E-state index contributed by atoms with van der Waals surface area (Å²) in [6.07, 6.45) is 3.81. The van der Waals surface area contributed by atoms with Crippen LogP contribution in [0.1, 0.15) is 28.1 Å². The zero-order chi connectivity index (χ0) is 19.7. The number of fused-ring (bicyclic) bond motifs is 1. The van der Waals surface area contributed by atoms with E-state index in [1.807, 2.05) is 24.4 Å². The van der Waals surface area contributed by atoms with E-state index >= 15 is 0 Å². The minimum absolute atomic E-state index is 0. The molecule has 0 spiro atoms. The van der Waals surface area contributed by atoms with Crippen LogP contribution in [0.5, 0.6) is 0 Å². The van der Waals surface area contributed by atoms with Crippen LogP contribution < -0.4 is 0 Å². The summed E-state index contributed by atoms with van der Waals surface area (Å²) < 4.78 is 2.36. The van der Waals surface area contributed by atoms with Crippen LogP contribution in [0.4, 0.5) is 0 Å². The van der Waals surface area contributed by atoms with Gasteiger partial charge in [0, 0.05) is 23.8 Å². The number of hydrogen-bond acceptors (Lipinski definition) is 1. The van der Waals surface area contributed by atoms with E-state index in [4.69, 9.17) is 28.2 Å². The molecule has 5 heteroatoms. The van der Waals surface area contributed by atoms with E-state index in [0.29, 0.717) is 10.0 Å². The molecular formula is C24H23Cl3N2. The monoisotopic (exact) mass is 444 g/mol. The zero-order valence-corrected chi connectivity index (χ0v) is 18.8. The second-order valence-corrected chi connectivity index (χ2v) is 8.00. The molecule has 29 heavy (non-hydrogen) atoms. The van der Waals surface area contributed by atoms with Crippen LogP contribution in [-0.2, 0) is 19.4 Å². The van der Waals surface area contributed by atoms with Crippen molar-refractivity contribution in [3.05, 3.63) is 98.9 Å². The summed E-state index contributed by atoms with van der Waals surface area (Å²) in [4.78, 5) is 4.74. The third-order valence-electron chi connectivity index (χ3n) is 5.44. The van der Waals surface area contributed by atoms with Crippen LogP contribution in [0.3, 0.4) is 0 Å². The Balaban J connectivity index is 0.00000240. The highest BCUT2D eigenvalue weighted by Gasteiger charge is 2.16. The number of pyridine rings is 1. The maximum atomic E-state index is 6.24. The lowest BCUT2D eigenvalue weighted by molar-refractivity contribution is 0.788. The molecule has 2 nitrogen and oxygen atoms in total. The average molecular weight is 446 g/mol. The molecule has 0 aliphatic carbocycles. The van der Waals surface area contributed by atoms with Gasteiger partial charge in [-0.1, -0.05) is 59.6 Å². The smallest absolute Gasteiger partial charge is 0.0707 e. The van der Waals surface area contributed by atoms with Crippen molar-refractivity contribution in [2.24, 2.45) is 0 Å². The standard InChI is InChI=1S/C24H22Cl2N2.ClH/c1-16-17(2)28(15-19-8-10-21(25)22(26)14-19)24-20(16)12-13-27-23(24)11-9-18-6-4-3-5-7-18;/h3-8,10,12-14H,9,11,15H2,1-2H3;1H. The summed E-state index contributed by atoms with van der Waals surface area (Å²) in [6, 6.07) is 18.5. The van der Waals surface area contributed by atoms with Crippen molar-refractivity contribution in [1.82, 2.24) is 9.55 Å². The van der Waals surface area contributed by atoms with Gasteiger partial charge >= 0.3 is 0 Å². The Kier molecular flexibility index (Phi) is 6.89. The Morgan fingerprint density at radius 3 is 2.34 bits per heavy atom. The number of nitrogens with zero attached hydrogens (tertiary/aromatic N) is 2. The van der Waals surface area contributed by atoms with Crippen molar-refractivity contribution in [3.8, 4) is 0 Å². The van der Waals surface area contributed by atoms with Gasteiger partial charge in [0.1, 0.15) is 0 Å². The second-order valence-electron chi connectivity index (χ2n) is 7.18. The third-order valence-corrected chi connectivity index (χ3v) is 6.18. The molecular weight excluding hydrogens is 423 g/mol. The molecule has 2 aromatic heterocycles. The maximum Gasteiger partial charge on any atom is 0.0707 e. The quantitative estimate of drug-likeness (QED) is 0.317. The van der Waals surface area contributed by atoms with Gasteiger partial charge < -0.3 is 4.57 Å². The summed E-state index contributed by atoms with van der Waals surface area (Å²) in [5.74, 6) is 0. The Hall–Kier alpha value is -2.00. The van der Waals surface area contributed by atoms with Gasteiger partial charge in [-0.2, -0.15) is 0 Å². The molecule has 2 aromatic carbocycles. The topological polar surface area (TPSA) is 17.8 Å². The lowest BCUT2D eigenvalue weighted by atomic mass is 10.1. The van der Waals surface area contributed by atoms with Gasteiger partial charge in [-0.05, 0) is 61.6 Å². The van der Waals surface area contributed by atoms with Crippen LogP contribution in [0.2, 0.25) is 10.0 Å². The van der Waals surface area contributed by atoms with E-state index < -0.39 is 0 Å². The van der Waals surface area contributed by atoms with Gasteiger partial charge in [0.05, 0.1) is 21.3 Å². The number of aryl methyl sites for hydroxylation is 3. The van der Waals surface area contributed by atoms with E-state index in [-0.39, 0.29) is 12.4 Å². The molecule has 0 bridgehead atoms. The highest BCUT2D eigenvalue weighted by atomic mass is 35.5. The Bertz CT molecular complexity index is 1130. The predicted octanol–water partition coefficient (Wildman–Crippen LogP) is 7.22. The molecule has 0 unspecified atom stereocenters. The van der Waals surface area contributed by atoms with Crippen molar-refractivity contribution in [2.45, 2.75) is 33.2 Å². The lowest BCUT2D eigenvalue weighted by Crippen LogP contribution is -2.05. The highest BCUT2D eigenvalue weighted by Crippen LogP contribution is 2.30. The molecule has 0 radical (unpaired) electrons. The van der Waals surface area contributed by atoms with Crippen LogP contribution in [-0.4, -0.2) is 9.55 Å². The molecule has 4 aromatic rings. The normalized spacial score (nSPS) is 10.9. The summed E-state index contributed by atoms with van der Waals surface area (Å²) in [7, 11) is 0. The van der Waals surface area contributed by atoms with E-state index in [1.165, 1.54) is 27.7 Å². The number of hydrogen-bond donors (Lipinski definition) is 0. The van der Waals surface area contributed by atoms with E-state index in [0.717, 1.165) is 30.6 Å². The van der Waals surface area contributed by atoms with Gasteiger partial charge in [0.2, 0.25) is 0 Å². The summed E-state index contributed by atoms with van der Waals surface area (Å²) in [6.45, 7) is 5.11. The minimum atomic E-state index is 0. The average Bonchev–Trinajstić information content (AvgIpc) is 2.95. The first kappa shape index (κ1) is 21.7. The number of aromatic nitrogens is 2. The van der Waals surface area contributed by atoms with Crippen LogP contribution in [0, 0.1) is 13.8 Å². The molecule has 2 heterocycles. The largest absolute Gasteiger partial charge is 0.339 e. The predicted molar refractivity (Wildman–Crippen MR) is 126 cm³/mol. The minimum Gasteiger partial charge on any atom is -0.339 e. The van der Waals surface area contributed by atoms with Crippen molar-refractivity contribution in [1.29, 1.82) is 0 Å². The first-order valence-corrected chi connectivity index (χ1v) is 10.2. The summed E-state index contributed by atoms with van der Waals surface area (Å²) >= 11 is 12.3. The molecule has 0 amide bonds. The van der Waals surface area contributed by atoms with E-state index in [1.54, 1.807) is 0 Å². The van der Waals surface area contributed by atoms with Gasteiger partial charge in [-0.3, -0.25) is 4.98 Å². The zero-order valence-electron chi connectivity index (χ0n) is 16.5. The molecule has 0 saturated heterocycles. The summed E-state index contributed by atoms with van der Waals surface area (Å²) in [5, 5.41) is 2.45. The fraction of sp³-hybridized carbons (Fsp3) is 0.208. The molecule has 0 aliphatic heterocycles. The van der Waals surface area contributed by atoms with Gasteiger partial charge in [-0.25, -0.2) is 0 Å². The Labute approximate surface area is 187 Å². The Morgan fingerprint density at radius 1 is 0.862 bits per heavy atom. The molecule has 0 atom stereocenters. The lowest BCUT2D eigenvalue weighted by Gasteiger charge is -2.12. The van der Waals surface area contributed by atoms with Crippen molar-refractivity contribution in [2.75, 3.05) is 0 Å². The molecule has 150 valence electrons. The third kappa shape index (κ3) is 4.45. The van der Waals surface area contributed by atoms with E-state index in [9.17, 15) is 0 Å². The molecule has 0 fully saturated rings. The van der Waals surface area contributed by atoms with Crippen LogP contribution in [0.25, 0.3) is 10.9 Å². The van der Waals surface area contributed by atoms with Crippen LogP contribution >= 0.6 is 35.6 Å². The Morgan fingerprint density at radius 2 is 1.62 bits per heavy atom. The molecule has 0 saturated carbocycles. The van der Waals surface area contributed by atoms with Crippen molar-refractivity contribution in [3.63, 3.8) is 0 Å². The maximum absolute atomic E-state index is 6.24. The van der Waals surface area contributed by atoms with Crippen molar-refractivity contribution >= 4 is 46.5 Å². The molecule has 0 aliphatic rings. The van der Waals surface area contributed by atoms with Gasteiger partial charge in [0.15, 0.2) is 0 Å².